The summed E-state index contributed by atoms with van der Waals surface area (Å²) in [7, 11) is 0. The van der Waals surface area contributed by atoms with Gasteiger partial charge in [-0.05, 0) is 56.6 Å². The van der Waals surface area contributed by atoms with E-state index in [1.54, 1.807) is 0 Å². The molecule has 0 spiro atoms. The van der Waals surface area contributed by atoms with E-state index in [2.05, 4.69) is 26.2 Å². The summed E-state index contributed by atoms with van der Waals surface area (Å²) in [6.45, 7) is 16.4. The molecule has 3 heterocycles. The Labute approximate surface area is 193 Å². The Kier molecular flexibility index (Phi) is 8.54. The number of esters is 1. The molecule has 5 nitrogen and oxygen atoms in total. The van der Waals surface area contributed by atoms with Crippen molar-refractivity contribution in [2.45, 2.75) is 103 Å². The fourth-order valence-electron chi connectivity index (χ4n) is 4.88. The van der Waals surface area contributed by atoms with Crippen LogP contribution in [-0.2, 0) is 19.0 Å². The van der Waals surface area contributed by atoms with Crippen molar-refractivity contribution in [2.24, 2.45) is 11.8 Å². The van der Waals surface area contributed by atoms with Gasteiger partial charge in [-0.15, -0.1) is 0 Å². The van der Waals surface area contributed by atoms with E-state index in [9.17, 15) is 9.90 Å². The first-order valence-electron chi connectivity index (χ1n) is 12.0. The highest BCUT2D eigenvalue weighted by Gasteiger charge is 2.52. The molecule has 0 aliphatic carbocycles. The van der Waals surface area contributed by atoms with Crippen molar-refractivity contribution in [3.05, 3.63) is 48.1 Å². The molecule has 3 rings (SSSR count). The lowest BCUT2D eigenvalue weighted by Gasteiger charge is -2.22. The molecule has 5 heteroatoms. The summed E-state index contributed by atoms with van der Waals surface area (Å²) in [6, 6.07) is 0. The van der Waals surface area contributed by atoms with Gasteiger partial charge in [-0.3, -0.25) is 4.79 Å². The third-order valence-corrected chi connectivity index (χ3v) is 6.91. The maximum Gasteiger partial charge on any atom is 0.308 e. The Morgan fingerprint density at radius 1 is 1.16 bits per heavy atom. The molecule has 2 fully saturated rings. The molecule has 3 aliphatic heterocycles. The quantitative estimate of drug-likeness (QED) is 0.366. The van der Waals surface area contributed by atoms with Crippen molar-refractivity contribution in [3.8, 4) is 0 Å². The second-order valence-electron chi connectivity index (χ2n) is 9.87. The monoisotopic (exact) mass is 444 g/mol. The summed E-state index contributed by atoms with van der Waals surface area (Å²) in [4.78, 5) is 12.8. The molecule has 8 unspecified atom stereocenters. The number of aliphatic hydroxyl groups is 1. The normalized spacial score (nSPS) is 39.8. The summed E-state index contributed by atoms with van der Waals surface area (Å²) in [5.41, 5.74) is 3.00. The van der Waals surface area contributed by atoms with Gasteiger partial charge in [0.1, 0.15) is 18.3 Å². The molecule has 2 saturated heterocycles. The second kappa shape index (κ2) is 11.0. The molecule has 178 valence electrons. The second-order valence-corrected chi connectivity index (χ2v) is 9.87. The highest BCUT2D eigenvalue weighted by atomic mass is 16.6. The predicted molar refractivity (Wildman–Crippen MR) is 126 cm³/mol. The van der Waals surface area contributed by atoms with E-state index in [4.69, 9.17) is 14.2 Å². The molecule has 0 aromatic carbocycles. The van der Waals surface area contributed by atoms with Crippen molar-refractivity contribution >= 4 is 5.97 Å². The largest absolute Gasteiger partial charge is 0.462 e. The van der Waals surface area contributed by atoms with Crippen LogP contribution in [0, 0.1) is 11.8 Å². The zero-order valence-electron chi connectivity index (χ0n) is 20.1. The third-order valence-electron chi connectivity index (χ3n) is 6.91. The van der Waals surface area contributed by atoms with Crippen molar-refractivity contribution < 1.29 is 24.1 Å². The van der Waals surface area contributed by atoms with Crippen molar-refractivity contribution in [3.63, 3.8) is 0 Å². The van der Waals surface area contributed by atoms with Crippen LogP contribution >= 0.6 is 0 Å². The number of fused-ring (bicyclic) bond motifs is 4. The van der Waals surface area contributed by atoms with Gasteiger partial charge < -0.3 is 19.3 Å². The number of carbonyl (C=O) groups is 1. The summed E-state index contributed by atoms with van der Waals surface area (Å²) in [6.07, 6.45) is 9.06. The summed E-state index contributed by atoms with van der Waals surface area (Å²) in [5, 5.41) is 10.7. The summed E-state index contributed by atoms with van der Waals surface area (Å²) in [5.74, 6) is -0.134. The zero-order chi connectivity index (χ0) is 23.4. The molecule has 0 amide bonds. The van der Waals surface area contributed by atoms with Gasteiger partial charge in [-0.25, -0.2) is 0 Å². The van der Waals surface area contributed by atoms with Crippen LogP contribution in [0.15, 0.2) is 48.1 Å². The van der Waals surface area contributed by atoms with E-state index in [1.807, 2.05) is 32.9 Å². The number of ether oxygens (including phenoxy) is 3. The Morgan fingerprint density at radius 2 is 1.91 bits per heavy atom. The van der Waals surface area contributed by atoms with E-state index in [1.165, 1.54) is 0 Å². The molecule has 0 radical (unpaired) electrons. The van der Waals surface area contributed by atoms with Crippen molar-refractivity contribution in [1.82, 2.24) is 0 Å². The van der Waals surface area contributed by atoms with E-state index < -0.39 is 6.10 Å². The molecule has 0 aromatic rings. The van der Waals surface area contributed by atoms with Crippen LogP contribution in [0.1, 0.15) is 66.2 Å². The van der Waals surface area contributed by atoms with Crippen LogP contribution in [-0.4, -0.2) is 47.7 Å². The molecule has 1 N–H and O–H groups in total. The molecule has 0 aromatic heterocycles. The first-order valence-corrected chi connectivity index (χ1v) is 12.0. The molecule has 3 aliphatic rings. The highest BCUT2D eigenvalue weighted by Crippen LogP contribution is 2.40. The highest BCUT2D eigenvalue weighted by molar-refractivity contribution is 5.72. The fourth-order valence-corrected chi connectivity index (χ4v) is 4.88. The fraction of sp³-hybridized carbons (Fsp3) is 0.667. The van der Waals surface area contributed by atoms with E-state index >= 15 is 0 Å². The van der Waals surface area contributed by atoms with Crippen LogP contribution in [0.4, 0.5) is 0 Å². The maximum absolute atomic E-state index is 12.8. The van der Waals surface area contributed by atoms with Crippen LogP contribution in [0.2, 0.25) is 0 Å². The Hall–Kier alpha value is -1.69. The molecule has 32 heavy (non-hydrogen) atoms. The van der Waals surface area contributed by atoms with Gasteiger partial charge in [-0.2, -0.15) is 0 Å². The van der Waals surface area contributed by atoms with Gasteiger partial charge in [0.2, 0.25) is 0 Å². The molecule has 8 atom stereocenters. The molecule has 2 bridgehead atoms. The SMILES string of the molecule is C=C1CC(O)C2OC2C2CC(=C)C(CCC(CC=CC)OC(=O)C(C)CC(C)C=C1C)O2. The first kappa shape index (κ1) is 24.9. The number of hydrogen-bond acceptors (Lipinski definition) is 5. The molecule has 0 saturated carbocycles. The van der Waals surface area contributed by atoms with Gasteiger partial charge in [0, 0.05) is 12.8 Å². The number of hydrogen-bond donors (Lipinski definition) is 1. The number of rotatable bonds is 2. The third kappa shape index (κ3) is 6.43. The zero-order valence-corrected chi connectivity index (χ0v) is 20.1. The lowest BCUT2D eigenvalue weighted by Crippen LogP contribution is -2.26. The van der Waals surface area contributed by atoms with Crippen LogP contribution in [0.25, 0.3) is 0 Å². The van der Waals surface area contributed by atoms with Gasteiger partial charge >= 0.3 is 5.97 Å². The Balaban J connectivity index is 1.77. The van der Waals surface area contributed by atoms with Gasteiger partial charge in [0.15, 0.2) is 0 Å². The topological polar surface area (TPSA) is 68.3 Å². The Bertz CT molecular complexity index is 766. The van der Waals surface area contributed by atoms with E-state index in [-0.39, 0.29) is 48.3 Å². The van der Waals surface area contributed by atoms with Gasteiger partial charge in [0.05, 0.1) is 24.2 Å². The standard InChI is InChI=1S/C27H40O5/c1-7-8-9-21-10-11-23-19(5)15-24(31-23)26-25(32-26)22(28)14-18(4)17(3)12-16(2)13-20(6)27(29)30-21/h7-8,12,16,20-26,28H,4-5,9-11,13-15H2,1-3,6H3. The predicted octanol–water partition coefficient (Wildman–Crippen LogP) is 5.06. The van der Waals surface area contributed by atoms with Gasteiger partial charge in [0.25, 0.3) is 0 Å². The summed E-state index contributed by atoms with van der Waals surface area (Å²) < 4.78 is 18.0. The molecular formula is C27H40O5. The smallest absolute Gasteiger partial charge is 0.308 e. The number of carbonyl (C=O) groups excluding carboxylic acids is 1. The maximum atomic E-state index is 12.8. The minimum atomic E-state index is -0.597. The number of epoxide rings is 1. The average molecular weight is 445 g/mol. The van der Waals surface area contributed by atoms with Crippen LogP contribution in [0.3, 0.4) is 0 Å². The average Bonchev–Trinajstić information content (AvgIpc) is 3.45. The van der Waals surface area contributed by atoms with Crippen LogP contribution in [0.5, 0.6) is 0 Å². The number of cyclic esters (lactones) is 1. The van der Waals surface area contributed by atoms with E-state index in [0.717, 1.165) is 36.0 Å². The minimum absolute atomic E-state index is 0.0646. The lowest BCUT2D eigenvalue weighted by atomic mass is 9.92. The van der Waals surface area contributed by atoms with Crippen molar-refractivity contribution in [2.75, 3.05) is 0 Å². The first-order chi connectivity index (χ1) is 15.2. The minimum Gasteiger partial charge on any atom is -0.462 e. The molecular weight excluding hydrogens is 404 g/mol. The Morgan fingerprint density at radius 3 is 2.62 bits per heavy atom. The van der Waals surface area contributed by atoms with Crippen LogP contribution < -0.4 is 0 Å². The van der Waals surface area contributed by atoms with Gasteiger partial charge in [-0.1, -0.05) is 50.8 Å². The number of allylic oxidation sites excluding steroid dienone is 3. The number of aliphatic hydroxyl groups excluding tert-OH is 1. The van der Waals surface area contributed by atoms with Crippen molar-refractivity contribution in [1.29, 1.82) is 0 Å². The van der Waals surface area contributed by atoms with E-state index in [0.29, 0.717) is 19.3 Å². The lowest BCUT2D eigenvalue weighted by molar-refractivity contribution is -0.154. The summed E-state index contributed by atoms with van der Waals surface area (Å²) >= 11 is 0.